The van der Waals surface area contributed by atoms with Crippen LogP contribution in [-0.4, -0.2) is 30.0 Å². The van der Waals surface area contributed by atoms with Gasteiger partial charge in [0.25, 0.3) is 5.91 Å². The zero-order valence-electron chi connectivity index (χ0n) is 14.2. The highest BCUT2D eigenvalue weighted by Crippen LogP contribution is 2.21. The number of ketones is 1. The standard InChI is InChI=1S/C19H18ClNO4S/c1-2-25-18(23)11-16(22)12-26-17-8-6-15(7-9-17)21-19(24)13-4-3-5-14(20)10-13/h3-10H,2,11-12H2,1H3,(H,21,24). The minimum absolute atomic E-state index is 0.188. The molecule has 1 N–H and O–H groups in total. The summed E-state index contributed by atoms with van der Waals surface area (Å²) in [5.74, 6) is -0.756. The number of Topliss-reactive ketones (excluding diaryl/α,β-unsaturated/α-hetero) is 1. The van der Waals surface area contributed by atoms with Gasteiger partial charge in [0.2, 0.25) is 0 Å². The Hall–Kier alpha value is -2.31. The van der Waals surface area contributed by atoms with Gasteiger partial charge < -0.3 is 10.1 Å². The van der Waals surface area contributed by atoms with Crippen molar-refractivity contribution in [3.05, 3.63) is 59.1 Å². The molecule has 0 aliphatic rings. The number of carbonyl (C=O) groups excluding carboxylic acids is 3. The van der Waals surface area contributed by atoms with Crippen LogP contribution in [0.3, 0.4) is 0 Å². The van der Waals surface area contributed by atoms with Crippen LogP contribution in [0, 0.1) is 0 Å². The molecule has 2 aromatic rings. The molecule has 1 amide bonds. The molecule has 136 valence electrons. The molecule has 0 bridgehead atoms. The maximum Gasteiger partial charge on any atom is 0.313 e. The third-order valence-corrected chi connectivity index (χ3v) is 4.55. The van der Waals surface area contributed by atoms with Crippen LogP contribution in [0.25, 0.3) is 0 Å². The number of benzene rings is 2. The molecule has 2 rings (SSSR count). The maximum absolute atomic E-state index is 12.2. The van der Waals surface area contributed by atoms with Crippen LogP contribution in [0.1, 0.15) is 23.7 Å². The number of hydrogen-bond donors (Lipinski definition) is 1. The molecular formula is C19H18ClNO4S. The van der Waals surface area contributed by atoms with Gasteiger partial charge in [-0.15, -0.1) is 11.8 Å². The molecule has 0 spiro atoms. The Labute approximate surface area is 161 Å². The molecule has 7 heteroatoms. The van der Waals surface area contributed by atoms with E-state index in [1.54, 1.807) is 55.5 Å². The highest BCUT2D eigenvalue weighted by molar-refractivity contribution is 8.00. The van der Waals surface area contributed by atoms with Crippen LogP contribution in [0.5, 0.6) is 0 Å². The van der Waals surface area contributed by atoms with Crippen molar-refractivity contribution < 1.29 is 19.1 Å². The fraction of sp³-hybridized carbons (Fsp3) is 0.211. The van der Waals surface area contributed by atoms with Gasteiger partial charge in [-0.05, 0) is 49.4 Å². The van der Waals surface area contributed by atoms with Gasteiger partial charge in [-0.3, -0.25) is 14.4 Å². The first-order valence-electron chi connectivity index (χ1n) is 7.95. The Balaban J connectivity index is 1.85. The Morgan fingerprint density at radius 3 is 2.50 bits per heavy atom. The highest BCUT2D eigenvalue weighted by atomic mass is 35.5. The van der Waals surface area contributed by atoms with Gasteiger partial charge in [0.15, 0.2) is 5.78 Å². The molecule has 0 aliphatic heterocycles. The summed E-state index contributed by atoms with van der Waals surface area (Å²) in [6, 6.07) is 13.8. The summed E-state index contributed by atoms with van der Waals surface area (Å²) >= 11 is 7.21. The fourth-order valence-corrected chi connectivity index (χ4v) is 3.00. The Kier molecular flexibility index (Phi) is 7.69. The SMILES string of the molecule is CCOC(=O)CC(=O)CSc1ccc(NC(=O)c2cccc(Cl)c2)cc1. The summed E-state index contributed by atoms with van der Waals surface area (Å²) in [6.07, 6.45) is -0.214. The van der Waals surface area contributed by atoms with Crippen LogP contribution < -0.4 is 5.32 Å². The maximum atomic E-state index is 12.2. The molecule has 0 atom stereocenters. The van der Waals surface area contributed by atoms with Crippen molar-refractivity contribution in [1.29, 1.82) is 0 Å². The normalized spacial score (nSPS) is 10.2. The number of ether oxygens (including phenoxy) is 1. The molecule has 26 heavy (non-hydrogen) atoms. The van der Waals surface area contributed by atoms with E-state index < -0.39 is 5.97 Å². The van der Waals surface area contributed by atoms with Gasteiger partial charge in [-0.25, -0.2) is 0 Å². The Morgan fingerprint density at radius 2 is 1.85 bits per heavy atom. The van der Waals surface area contributed by atoms with Crippen molar-refractivity contribution in [1.82, 2.24) is 0 Å². The molecule has 0 saturated heterocycles. The number of anilines is 1. The van der Waals surface area contributed by atoms with Gasteiger partial charge in [0, 0.05) is 21.2 Å². The first-order chi connectivity index (χ1) is 12.5. The molecule has 0 radical (unpaired) electrons. The van der Waals surface area contributed by atoms with E-state index in [4.69, 9.17) is 16.3 Å². The van der Waals surface area contributed by atoms with Crippen molar-refractivity contribution in [3.63, 3.8) is 0 Å². The molecule has 0 aromatic heterocycles. The zero-order chi connectivity index (χ0) is 18.9. The number of carbonyl (C=O) groups is 3. The number of hydrogen-bond acceptors (Lipinski definition) is 5. The quantitative estimate of drug-likeness (QED) is 0.414. The Morgan fingerprint density at radius 1 is 1.12 bits per heavy atom. The van der Waals surface area contributed by atoms with Gasteiger partial charge in [-0.1, -0.05) is 17.7 Å². The summed E-state index contributed by atoms with van der Waals surface area (Å²) in [7, 11) is 0. The van der Waals surface area contributed by atoms with E-state index in [9.17, 15) is 14.4 Å². The van der Waals surface area contributed by atoms with Crippen molar-refractivity contribution in [2.45, 2.75) is 18.2 Å². The van der Waals surface area contributed by atoms with E-state index >= 15 is 0 Å². The fourth-order valence-electron chi connectivity index (χ4n) is 2.06. The van der Waals surface area contributed by atoms with Crippen LogP contribution in [0.2, 0.25) is 5.02 Å². The van der Waals surface area contributed by atoms with Crippen LogP contribution >= 0.6 is 23.4 Å². The van der Waals surface area contributed by atoms with Gasteiger partial charge in [-0.2, -0.15) is 0 Å². The largest absolute Gasteiger partial charge is 0.466 e. The second-order valence-corrected chi connectivity index (χ2v) is 6.78. The summed E-state index contributed by atoms with van der Waals surface area (Å²) < 4.78 is 4.74. The smallest absolute Gasteiger partial charge is 0.313 e. The van der Waals surface area contributed by atoms with Crippen molar-refractivity contribution in [2.24, 2.45) is 0 Å². The minimum atomic E-state index is -0.503. The summed E-state index contributed by atoms with van der Waals surface area (Å²) in [4.78, 5) is 36.0. The predicted octanol–water partition coefficient (Wildman–Crippen LogP) is 4.21. The molecule has 0 fully saturated rings. The molecule has 0 aliphatic carbocycles. The number of halogens is 1. The second kappa shape index (κ2) is 9.99. The number of nitrogens with one attached hydrogen (secondary N) is 1. The molecule has 0 saturated carbocycles. The third kappa shape index (κ3) is 6.54. The minimum Gasteiger partial charge on any atom is -0.466 e. The molecule has 5 nitrogen and oxygen atoms in total. The number of thioether (sulfide) groups is 1. The van der Waals surface area contributed by atoms with E-state index in [2.05, 4.69) is 5.32 Å². The van der Waals surface area contributed by atoms with E-state index in [0.717, 1.165) is 4.90 Å². The Bertz CT molecular complexity index is 792. The summed E-state index contributed by atoms with van der Waals surface area (Å²) in [5.41, 5.74) is 1.11. The lowest BCUT2D eigenvalue weighted by molar-refractivity contribution is -0.145. The molecule has 2 aromatic carbocycles. The highest BCUT2D eigenvalue weighted by Gasteiger charge is 2.11. The average molecular weight is 392 g/mol. The van der Waals surface area contributed by atoms with Crippen molar-refractivity contribution in [2.75, 3.05) is 17.7 Å². The number of amides is 1. The van der Waals surface area contributed by atoms with E-state index in [1.165, 1.54) is 11.8 Å². The van der Waals surface area contributed by atoms with Crippen LogP contribution in [-0.2, 0) is 14.3 Å². The lowest BCUT2D eigenvalue weighted by atomic mass is 10.2. The molecular weight excluding hydrogens is 374 g/mol. The predicted molar refractivity (Wildman–Crippen MR) is 103 cm³/mol. The van der Waals surface area contributed by atoms with Crippen molar-refractivity contribution in [3.8, 4) is 0 Å². The monoisotopic (exact) mass is 391 g/mol. The first kappa shape index (κ1) is 20.0. The zero-order valence-corrected chi connectivity index (χ0v) is 15.7. The van der Waals surface area contributed by atoms with Gasteiger partial charge in [0.1, 0.15) is 6.42 Å². The number of rotatable bonds is 8. The van der Waals surface area contributed by atoms with Crippen LogP contribution in [0.4, 0.5) is 5.69 Å². The molecule has 0 heterocycles. The third-order valence-electron chi connectivity index (χ3n) is 3.25. The average Bonchev–Trinajstić information content (AvgIpc) is 2.61. The molecule has 0 unspecified atom stereocenters. The van der Waals surface area contributed by atoms with Crippen LogP contribution in [0.15, 0.2) is 53.4 Å². The summed E-state index contributed by atoms with van der Waals surface area (Å²) in [6.45, 7) is 1.96. The van der Waals surface area contributed by atoms with Gasteiger partial charge in [0.05, 0.1) is 12.4 Å². The first-order valence-corrected chi connectivity index (χ1v) is 9.31. The second-order valence-electron chi connectivity index (χ2n) is 5.30. The number of esters is 1. The van der Waals surface area contributed by atoms with Crippen molar-refractivity contribution >= 4 is 46.7 Å². The lowest BCUT2D eigenvalue weighted by Gasteiger charge is -2.07. The summed E-state index contributed by atoms with van der Waals surface area (Å²) in [5, 5.41) is 3.28. The van der Waals surface area contributed by atoms with Gasteiger partial charge >= 0.3 is 5.97 Å². The topological polar surface area (TPSA) is 72.5 Å². The van der Waals surface area contributed by atoms with E-state index in [-0.39, 0.29) is 30.5 Å². The lowest BCUT2D eigenvalue weighted by Crippen LogP contribution is -2.12. The van der Waals surface area contributed by atoms with E-state index in [1.807, 2.05) is 0 Å². The van der Waals surface area contributed by atoms with E-state index in [0.29, 0.717) is 16.3 Å².